The van der Waals surface area contributed by atoms with E-state index in [1.807, 2.05) is 0 Å². The topological polar surface area (TPSA) is 118 Å². The van der Waals surface area contributed by atoms with Crippen molar-refractivity contribution in [2.45, 2.75) is 11.8 Å². The number of hydrogen-bond acceptors (Lipinski definition) is 6. The third-order valence-corrected chi connectivity index (χ3v) is 4.18. The number of benzene rings is 1. The van der Waals surface area contributed by atoms with E-state index in [9.17, 15) is 12.8 Å². The number of hydrogen-bond donors (Lipinski definition) is 2. The fourth-order valence-electron chi connectivity index (χ4n) is 1.78. The fraction of sp³-hybridized carbons (Fsp3) is 0.0909. The largest absolute Gasteiger partial charge is 0.284 e. The number of anilines is 1. The Morgan fingerprint density at radius 1 is 1.36 bits per heavy atom. The van der Waals surface area contributed by atoms with Crippen LogP contribution < -0.4 is 4.72 Å². The zero-order valence-electron chi connectivity index (χ0n) is 11.2. The Morgan fingerprint density at radius 2 is 2.18 bits per heavy atom. The molecule has 0 fully saturated rings. The molecule has 0 atom stereocenters. The van der Waals surface area contributed by atoms with E-state index in [0.29, 0.717) is 11.5 Å². The number of nitrogens with one attached hydrogen (secondary N) is 2. The molecule has 0 spiro atoms. The molecular formula is C11H10FN7O2S. The Hall–Kier alpha value is -2.82. The van der Waals surface area contributed by atoms with E-state index < -0.39 is 15.8 Å². The zero-order valence-corrected chi connectivity index (χ0v) is 12.0. The van der Waals surface area contributed by atoms with Gasteiger partial charge in [0.2, 0.25) is 0 Å². The summed E-state index contributed by atoms with van der Waals surface area (Å²) in [4.78, 5) is -0.101. The molecular weight excluding hydrogens is 313 g/mol. The molecule has 0 saturated heterocycles. The molecule has 2 heterocycles. The SMILES string of the molecule is Cc1nnnn1-c1ccc(F)c(NS(=O)(=O)c2cn[nH]c2)c1. The first-order valence-corrected chi connectivity index (χ1v) is 7.52. The third-order valence-electron chi connectivity index (χ3n) is 2.85. The lowest BCUT2D eigenvalue weighted by Gasteiger charge is -2.09. The highest BCUT2D eigenvalue weighted by molar-refractivity contribution is 7.92. The standard InChI is InChI=1S/C11H10FN7O2S/c1-7-15-17-18-19(7)8-2-3-10(12)11(4-8)16-22(20,21)9-5-13-14-6-9/h2-6,16H,1H3,(H,13,14). The van der Waals surface area contributed by atoms with Crippen LogP contribution in [0.3, 0.4) is 0 Å². The summed E-state index contributed by atoms with van der Waals surface area (Å²) >= 11 is 0. The smallest absolute Gasteiger partial charge is 0.265 e. The van der Waals surface area contributed by atoms with Crippen LogP contribution in [0.4, 0.5) is 10.1 Å². The second-order valence-corrected chi connectivity index (χ2v) is 6.02. The molecule has 2 N–H and O–H groups in total. The molecule has 11 heteroatoms. The van der Waals surface area contributed by atoms with Crippen LogP contribution in [-0.2, 0) is 10.0 Å². The molecule has 3 rings (SSSR count). The van der Waals surface area contributed by atoms with Crippen molar-refractivity contribution in [3.63, 3.8) is 0 Å². The Morgan fingerprint density at radius 3 is 2.82 bits per heavy atom. The number of aromatic nitrogens is 6. The van der Waals surface area contributed by atoms with Crippen molar-refractivity contribution in [3.05, 3.63) is 42.2 Å². The van der Waals surface area contributed by atoms with Gasteiger partial charge in [0.05, 0.1) is 17.6 Å². The summed E-state index contributed by atoms with van der Waals surface area (Å²) in [7, 11) is -3.93. The van der Waals surface area contributed by atoms with Gasteiger partial charge in [-0.25, -0.2) is 12.8 Å². The zero-order chi connectivity index (χ0) is 15.7. The molecule has 0 aliphatic rings. The summed E-state index contributed by atoms with van der Waals surface area (Å²) in [6.45, 7) is 1.67. The Balaban J connectivity index is 2.00. The van der Waals surface area contributed by atoms with E-state index in [1.54, 1.807) is 6.92 Å². The van der Waals surface area contributed by atoms with Crippen LogP contribution in [0.1, 0.15) is 5.82 Å². The van der Waals surface area contributed by atoms with E-state index in [0.717, 1.165) is 12.3 Å². The highest BCUT2D eigenvalue weighted by atomic mass is 32.2. The minimum Gasteiger partial charge on any atom is -0.284 e. The number of rotatable bonds is 4. The summed E-state index contributed by atoms with van der Waals surface area (Å²) in [6.07, 6.45) is 2.31. The lowest BCUT2D eigenvalue weighted by atomic mass is 10.2. The highest BCUT2D eigenvalue weighted by Gasteiger charge is 2.18. The molecule has 22 heavy (non-hydrogen) atoms. The summed E-state index contributed by atoms with van der Waals surface area (Å²) in [5, 5.41) is 16.9. The first-order valence-electron chi connectivity index (χ1n) is 6.04. The maximum absolute atomic E-state index is 13.9. The second-order valence-electron chi connectivity index (χ2n) is 4.34. The van der Waals surface area contributed by atoms with E-state index in [-0.39, 0.29) is 10.6 Å². The van der Waals surface area contributed by atoms with Crippen molar-refractivity contribution in [2.24, 2.45) is 0 Å². The molecule has 0 radical (unpaired) electrons. The average molecular weight is 323 g/mol. The second kappa shape index (κ2) is 5.18. The molecule has 9 nitrogen and oxygen atoms in total. The van der Waals surface area contributed by atoms with Gasteiger partial charge in [-0.1, -0.05) is 0 Å². The molecule has 0 aliphatic carbocycles. The van der Waals surface area contributed by atoms with Crippen molar-refractivity contribution in [1.29, 1.82) is 0 Å². The molecule has 0 unspecified atom stereocenters. The average Bonchev–Trinajstić information content (AvgIpc) is 3.12. The lowest BCUT2D eigenvalue weighted by molar-refractivity contribution is 0.598. The number of halogens is 1. The van der Waals surface area contributed by atoms with Crippen molar-refractivity contribution < 1.29 is 12.8 Å². The number of aryl methyl sites for hydroxylation is 1. The Kier molecular flexibility index (Phi) is 3.33. The number of nitrogens with zero attached hydrogens (tertiary/aromatic N) is 5. The number of H-pyrrole nitrogens is 1. The maximum Gasteiger partial charge on any atom is 0.265 e. The molecule has 0 bridgehead atoms. The van der Waals surface area contributed by atoms with Gasteiger partial charge in [-0.15, -0.1) is 5.10 Å². The molecule has 3 aromatic rings. The number of tetrazole rings is 1. The third kappa shape index (κ3) is 2.53. The quantitative estimate of drug-likeness (QED) is 0.727. The lowest BCUT2D eigenvalue weighted by Crippen LogP contribution is -2.14. The number of sulfonamides is 1. The minimum atomic E-state index is -3.93. The maximum atomic E-state index is 13.9. The molecule has 1 aromatic carbocycles. The van der Waals surface area contributed by atoms with Gasteiger partial charge in [-0.05, 0) is 35.5 Å². The summed E-state index contributed by atoms with van der Waals surface area (Å²) in [5.41, 5.74) is 0.211. The predicted octanol–water partition coefficient (Wildman–Crippen LogP) is 0.634. The molecule has 0 aliphatic heterocycles. The number of aromatic amines is 1. The summed E-state index contributed by atoms with van der Waals surface area (Å²) in [6, 6.07) is 3.87. The van der Waals surface area contributed by atoms with Crippen LogP contribution in [0.2, 0.25) is 0 Å². The van der Waals surface area contributed by atoms with Crippen molar-refractivity contribution in [3.8, 4) is 5.69 Å². The predicted molar refractivity (Wildman–Crippen MR) is 73.2 cm³/mol. The van der Waals surface area contributed by atoms with Crippen LogP contribution in [0.25, 0.3) is 5.69 Å². The van der Waals surface area contributed by atoms with Gasteiger partial charge in [-0.3, -0.25) is 9.82 Å². The van der Waals surface area contributed by atoms with Crippen LogP contribution >= 0.6 is 0 Å². The van der Waals surface area contributed by atoms with Crippen LogP contribution in [0, 0.1) is 12.7 Å². The van der Waals surface area contributed by atoms with Crippen LogP contribution in [0.15, 0.2) is 35.5 Å². The molecule has 114 valence electrons. The van der Waals surface area contributed by atoms with Crippen molar-refractivity contribution >= 4 is 15.7 Å². The normalized spacial score (nSPS) is 11.5. The summed E-state index contributed by atoms with van der Waals surface area (Å²) < 4.78 is 41.6. The van der Waals surface area contributed by atoms with Gasteiger partial charge in [0.1, 0.15) is 10.7 Å². The van der Waals surface area contributed by atoms with E-state index >= 15 is 0 Å². The van der Waals surface area contributed by atoms with Gasteiger partial charge in [0.15, 0.2) is 5.82 Å². The summed E-state index contributed by atoms with van der Waals surface area (Å²) in [5.74, 6) is -0.239. The Labute approximate surface area is 124 Å². The van der Waals surface area contributed by atoms with Gasteiger partial charge in [0.25, 0.3) is 10.0 Å². The first-order chi connectivity index (χ1) is 10.5. The molecule has 2 aromatic heterocycles. The minimum absolute atomic E-state index is 0.101. The van der Waals surface area contributed by atoms with Crippen LogP contribution in [-0.4, -0.2) is 38.8 Å². The van der Waals surface area contributed by atoms with E-state index in [4.69, 9.17) is 0 Å². The molecule has 0 saturated carbocycles. The monoisotopic (exact) mass is 323 g/mol. The van der Waals surface area contributed by atoms with Gasteiger partial charge in [0, 0.05) is 6.20 Å². The van der Waals surface area contributed by atoms with Gasteiger partial charge < -0.3 is 0 Å². The highest BCUT2D eigenvalue weighted by Crippen LogP contribution is 2.22. The Bertz CT molecular complexity index is 904. The van der Waals surface area contributed by atoms with E-state index in [1.165, 1.54) is 23.0 Å². The van der Waals surface area contributed by atoms with Gasteiger partial charge in [-0.2, -0.15) is 9.78 Å². The van der Waals surface area contributed by atoms with E-state index in [2.05, 4.69) is 30.4 Å². The first kappa shape index (κ1) is 14.1. The fourth-order valence-corrected chi connectivity index (χ4v) is 2.75. The van der Waals surface area contributed by atoms with Gasteiger partial charge >= 0.3 is 0 Å². The van der Waals surface area contributed by atoms with Crippen LogP contribution in [0.5, 0.6) is 0 Å². The van der Waals surface area contributed by atoms with Crippen molar-refractivity contribution in [2.75, 3.05) is 4.72 Å². The van der Waals surface area contributed by atoms with Crippen molar-refractivity contribution in [1.82, 2.24) is 30.4 Å². The molecule has 0 amide bonds.